The largest absolute Gasteiger partial charge is 0.492 e. The standard InChI is InChI=1S/C26H36N2O4/c1-22-5-4-6-25(17-22)32-21-26(29)19-28(13-15-30-20-26)18-23-7-9-24(10-8-23)31-16-14-27-11-2-3-12-27/h4-10,17,29H,2-3,11-16,18-21H2,1H3. The number of nitrogens with zero attached hydrogens (tertiary/aromatic N) is 2. The second kappa shape index (κ2) is 11.1. The van der Waals surface area contributed by atoms with Crippen molar-refractivity contribution in [2.75, 3.05) is 59.2 Å². The molecular formula is C26H36N2O4. The molecule has 2 aromatic rings. The van der Waals surface area contributed by atoms with Crippen molar-refractivity contribution < 1.29 is 19.3 Å². The van der Waals surface area contributed by atoms with Crippen LogP contribution in [-0.4, -0.2) is 79.7 Å². The van der Waals surface area contributed by atoms with E-state index in [2.05, 4.69) is 21.9 Å². The van der Waals surface area contributed by atoms with Crippen molar-refractivity contribution in [3.8, 4) is 11.5 Å². The van der Waals surface area contributed by atoms with Crippen molar-refractivity contribution in [3.05, 3.63) is 59.7 Å². The van der Waals surface area contributed by atoms with E-state index in [-0.39, 0.29) is 13.2 Å². The molecule has 2 aliphatic rings. The quantitative estimate of drug-likeness (QED) is 0.647. The zero-order chi connectivity index (χ0) is 22.2. The van der Waals surface area contributed by atoms with Gasteiger partial charge in [-0.3, -0.25) is 9.80 Å². The molecule has 2 heterocycles. The monoisotopic (exact) mass is 440 g/mol. The smallest absolute Gasteiger partial charge is 0.134 e. The van der Waals surface area contributed by atoms with Gasteiger partial charge < -0.3 is 19.3 Å². The fraction of sp³-hybridized carbons (Fsp3) is 0.538. The SMILES string of the molecule is Cc1cccc(OCC2(O)COCCN(Cc3ccc(OCCN4CCCC4)cc3)C2)c1. The summed E-state index contributed by atoms with van der Waals surface area (Å²) in [7, 11) is 0. The van der Waals surface area contributed by atoms with E-state index in [9.17, 15) is 5.11 Å². The molecule has 0 bridgehead atoms. The third-order valence-corrected chi connectivity index (χ3v) is 6.14. The Labute approximate surface area is 191 Å². The van der Waals surface area contributed by atoms with Gasteiger partial charge in [-0.05, 0) is 68.2 Å². The van der Waals surface area contributed by atoms with E-state index < -0.39 is 5.60 Å². The van der Waals surface area contributed by atoms with E-state index in [4.69, 9.17) is 14.2 Å². The second-order valence-corrected chi connectivity index (χ2v) is 9.13. The van der Waals surface area contributed by atoms with Gasteiger partial charge in [0, 0.05) is 26.2 Å². The minimum Gasteiger partial charge on any atom is -0.492 e. The van der Waals surface area contributed by atoms with Gasteiger partial charge in [0.2, 0.25) is 0 Å². The van der Waals surface area contributed by atoms with Crippen LogP contribution < -0.4 is 9.47 Å². The number of β-amino-alcohol motifs (C(OH)–C–C–N with tert-alkyl or cyclic N) is 1. The minimum absolute atomic E-state index is 0.205. The summed E-state index contributed by atoms with van der Waals surface area (Å²) in [5, 5.41) is 11.1. The third-order valence-electron chi connectivity index (χ3n) is 6.14. The van der Waals surface area contributed by atoms with Crippen LogP contribution in [0.5, 0.6) is 11.5 Å². The molecule has 32 heavy (non-hydrogen) atoms. The van der Waals surface area contributed by atoms with Crippen molar-refractivity contribution >= 4 is 0 Å². The van der Waals surface area contributed by atoms with Crippen LogP contribution in [-0.2, 0) is 11.3 Å². The predicted molar refractivity (Wildman–Crippen MR) is 125 cm³/mol. The van der Waals surface area contributed by atoms with Gasteiger partial charge in [0.1, 0.15) is 30.3 Å². The zero-order valence-electron chi connectivity index (χ0n) is 19.2. The van der Waals surface area contributed by atoms with Crippen LogP contribution in [0.4, 0.5) is 0 Å². The lowest BCUT2D eigenvalue weighted by Gasteiger charge is -2.30. The first-order chi connectivity index (χ1) is 15.6. The van der Waals surface area contributed by atoms with Crippen molar-refractivity contribution in [2.24, 2.45) is 0 Å². The summed E-state index contributed by atoms with van der Waals surface area (Å²) in [5.74, 6) is 1.68. The minimum atomic E-state index is -1.04. The first kappa shape index (κ1) is 23.1. The summed E-state index contributed by atoms with van der Waals surface area (Å²) in [5.41, 5.74) is 1.29. The highest BCUT2D eigenvalue weighted by Gasteiger charge is 2.33. The van der Waals surface area contributed by atoms with Crippen molar-refractivity contribution in [1.82, 2.24) is 9.80 Å². The zero-order valence-corrected chi connectivity index (χ0v) is 19.2. The van der Waals surface area contributed by atoms with E-state index in [0.717, 1.165) is 43.3 Å². The predicted octanol–water partition coefficient (Wildman–Crippen LogP) is 3.11. The van der Waals surface area contributed by atoms with Crippen LogP contribution in [0.25, 0.3) is 0 Å². The number of aliphatic hydroxyl groups is 1. The van der Waals surface area contributed by atoms with Crippen LogP contribution in [0.3, 0.4) is 0 Å². The average molecular weight is 441 g/mol. The molecule has 0 aromatic heterocycles. The Balaban J connectivity index is 1.26. The average Bonchev–Trinajstić information content (AvgIpc) is 3.23. The molecule has 2 saturated heterocycles. The summed E-state index contributed by atoms with van der Waals surface area (Å²) in [6.45, 7) is 9.28. The van der Waals surface area contributed by atoms with E-state index in [1.165, 1.54) is 31.5 Å². The third kappa shape index (κ3) is 6.94. The number of hydrogen-bond acceptors (Lipinski definition) is 6. The van der Waals surface area contributed by atoms with Gasteiger partial charge >= 0.3 is 0 Å². The van der Waals surface area contributed by atoms with E-state index in [0.29, 0.717) is 13.2 Å². The Kier molecular flexibility index (Phi) is 8.03. The number of benzene rings is 2. The highest BCUT2D eigenvalue weighted by Crippen LogP contribution is 2.20. The number of likely N-dealkylation sites (tertiary alicyclic amines) is 1. The Morgan fingerprint density at radius 1 is 0.969 bits per heavy atom. The molecule has 1 atom stereocenters. The van der Waals surface area contributed by atoms with Gasteiger partial charge in [0.15, 0.2) is 0 Å². The van der Waals surface area contributed by atoms with Crippen LogP contribution >= 0.6 is 0 Å². The molecule has 6 nitrogen and oxygen atoms in total. The molecular weight excluding hydrogens is 404 g/mol. The summed E-state index contributed by atoms with van der Waals surface area (Å²) >= 11 is 0. The molecule has 2 aliphatic heterocycles. The molecule has 1 unspecified atom stereocenters. The Morgan fingerprint density at radius 2 is 1.78 bits per heavy atom. The van der Waals surface area contributed by atoms with Gasteiger partial charge in [0.05, 0.1) is 13.2 Å². The molecule has 2 fully saturated rings. The van der Waals surface area contributed by atoms with Gasteiger partial charge in [0.25, 0.3) is 0 Å². The fourth-order valence-corrected chi connectivity index (χ4v) is 4.39. The second-order valence-electron chi connectivity index (χ2n) is 9.13. The molecule has 0 spiro atoms. The number of hydrogen-bond donors (Lipinski definition) is 1. The van der Waals surface area contributed by atoms with Gasteiger partial charge in [-0.25, -0.2) is 0 Å². The van der Waals surface area contributed by atoms with Crippen LogP contribution in [0.15, 0.2) is 48.5 Å². The normalized spacial score (nSPS) is 22.6. The molecule has 174 valence electrons. The van der Waals surface area contributed by atoms with Crippen LogP contribution in [0, 0.1) is 6.92 Å². The molecule has 0 radical (unpaired) electrons. The topological polar surface area (TPSA) is 54.4 Å². The van der Waals surface area contributed by atoms with Gasteiger partial charge in [-0.1, -0.05) is 24.3 Å². The summed E-state index contributed by atoms with van der Waals surface area (Å²) < 4.78 is 17.5. The van der Waals surface area contributed by atoms with Gasteiger partial charge in [-0.2, -0.15) is 0 Å². The Bertz CT molecular complexity index is 838. The molecule has 4 rings (SSSR count). The molecule has 2 aromatic carbocycles. The van der Waals surface area contributed by atoms with Crippen molar-refractivity contribution in [2.45, 2.75) is 31.9 Å². The van der Waals surface area contributed by atoms with Crippen molar-refractivity contribution in [3.63, 3.8) is 0 Å². The molecule has 0 amide bonds. The lowest BCUT2D eigenvalue weighted by Crippen LogP contribution is -2.48. The first-order valence-corrected chi connectivity index (χ1v) is 11.7. The Morgan fingerprint density at radius 3 is 2.56 bits per heavy atom. The van der Waals surface area contributed by atoms with Gasteiger partial charge in [-0.15, -0.1) is 0 Å². The molecule has 0 aliphatic carbocycles. The number of aryl methyl sites for hydroxylation is 1. The molecule has 6 heteroatoms. The summed E-state index contributed by atoms with van der Waals surface area (Å²) in [4.78, 5) is 4.69. The van der Waals surface area contributed by atoms with Crippen molar-refractivity contribution in [1.29, 1.82) is 0 Å². The first-order valence-electron chi connectivity index (χ1n) is 11.7. The van der Waals surface area contributed by atoms with Crippen LogP contribution in [0.1, 0.15) is 24.0 Å². The maximum absolute atomic E-state index is 11.1. The number of ether oxygens (including phenoxy) is 3. The van der Waals surface area contributed by atoms with E-state index in [1.807, 2.05) is 43.3 Å². The molecule has 1 N–H and O–H groups in total. The van der Waals surface area contributed by atoms with E-state index >= 15 is 0 Å². The highest BCUT2D eigenvalue weighted by molar-refractivity contribution is 5.28. The van der Waals surface area contributed by atoms with Crippen LogP contribution in [0.2, 0.25) is 0 Å². The maximum Gasteiger partial charge on any atom is 0.134 e. The maximum atomic E-state index is 11.1. The Hall–Kier alpha value is -2.12. The summed E-state index contributed by atoms with van der Waals surface area (Å²) in [6, 6.07) is 16.2. The summed E-state index contributed by atoms with van der Waals surface area (Å²) in [6.07, 6.45) is 2.62. The highest BCUT2D eigenvalue weighted by atomic mass is 16.5. The number of rotatable bonds is 9. The van der Waals surface area contributed by atoms with E-state index in [1.54, 1.807) is 0 Å². The molecule has 0 saturated carbocycles. The lowest BCUT2D eigenvalue weighted by atomic mass is 10.1. The lowest BCUT2D eigenvalue weighted by molar-refractivity contribution is -0.0646. The fourth-order valence-electron chi connectivity index (χ4n) is 4.39.